The van der Waals surface area contributed by atoms with Crippen LogP contribution in [-0.4, -0.2) is 9.55 Å². The van der Waals surface area contributed by atoms with E-state index in [9.17, 15) is 0 Å². The minimum absolute atomic E-state index is 0.451. The number of hydrogen-bond acceptors (Lipinski definition) is 3. The summed E-state index contributed by atoms with van der Waals surface area (Å²) in [4.78, 5) is 7.83. The number of benzene rings is 9. The molecule has 0 amide bonds. The molecule has 0 N–H and O–H groups in total. The van der Waals surface area contributed by atoms with Gasteiger partial charge in [0.05, 0.1) is 50.3 Å². The van der Waals surface area contributed by atoms with E-state index in [1.807, 2.05) is 6.07 Å². The molecule has 0 unspecified atom stereocenters. The van der Waals surface area contributed by atoms with E-state index in [-0.39, 0.29) is 0 Å². The number of anilines is 3. The third-order valence-electron chi connectivity index (χ3n) is 13.8. The molecule has 64 heavy (non-hydrogen) atoms. The van der Waals surface area contributed by atoms with Crippen LogP contribution in [0, 0.1) is 0 Å². The highest BCUT2D eigenvalue weighted by Gasteiger charge is 2.51. The van der Waals surface area contributed by atoms with Gasteiger partial charge >= 0.3 is 0 Å². The summed E-state index contributed by atoms with van der Waals surface area (Å²) in [5.74, 6) is 1.66. The Hall–Kier alpha value is -8.47. The van der Waals surface area contributed by atoms with Crippen molar-refractivity contribution in [2.45, 2.75) is 5.41 Å². The van der Waals surface area contributed by atoms with Gasteiger partial charge in [0.15, 0.2) is 11.5 Å². The highest BCUT2D eigenvalue weighted by atomic mass is 16.5. The Morgan fingerprint density at radius 1 is 0.391 bits per heavy atom. The Kier molecular flexibility index (Phi) is 7.29. The predicted octanol–water partition coefficient (Wildman–Crippen LogP) is 15.4. The van der Waals surface area contributed by atoms with Gasteiger partial charge in [0.25, 0.3) is 0 Å². The van der Waals surface area contributed by atoms with Crippen LogP contribution in [0.25, 0.3) is 72.3 Å². The van der Waals surface area contributed by atoms with Crippen molar-refractivity contribution in [1.82, 2.24) is 9.55 Å². The summed E-state index contributed by atoms with van der Waals surface area (Å²) in [7, 11) is 0. The van der Waals surface area contributed by atoms with Gasteiger partial charge in [-0.3, -0.25) is 0 Å². The molecule has 4 heteroatoms. The molecule has 9 aromatic carbocycles. The first-order valence-electron chi connectivity index (χ1n) is 22.0. The van der Waals surface area contributed by atoms with Crippen molar-refractivity contribution in [3.8, 4) is 62.0 Å². The lowest BCUT2D eigenvalue weighted by Gasteiger charge is -2.33. The smallest absolute Gasteiger partial charge is 0.161 e. The van der Waals surface area contributed by atoms with Crippen LogP contribution in [-0.2, 0) is 5.41 Å². The van der Waals surface area contributed by atoms with E-state index in [0.717, 1.165) is 78.6 Å². The van der Waals surface area contributed by atoms with E-state index >= 15 is 0 Å². The van der Waals surface area contributed by atoms with Crippen LogP contribution in [0.2, 0.25) is 0 Å². The molecule has 14 rings (SSSR count). The number of aromatic nitrogens is 2. The van der Waals surface area contributed by atoms with E-state index in [2.05, 4.69) is 228 Å². The quantitative estimate of drug-likeness (QED) is 0.177. The molecule has 2 aliphatic carbocycles. The zero-order valence-corrected chi connectivity index (χ0v) is 34.6. The molecule has 0 bridgehead atoms. The SMILES string of the molecule is c1ccc(-c2cc(-n3c4ccccc4c4c5c(ccc43)N(c3ccccc3)c3ccccc3O5)cc(-c3ccc4c(c3)C3(c5ccccc5-c5ccccc53)c3ccccc3-4)n2)cc1. The Balaban J connectivity index is 1.02. The fraction of sp³-hybridized carbons (Fsp3) is 0.0167. The second-order valence-electron chi connectivity index (χ2n) is 17.0. The van der Waals surface area contributed by atoms with Gasteiger partial charge in [-0.25, -0.2) is 4.98 Å². The summed E-state index contributed by atoms with van der Waals surface area (Å²) in [5.41, 5.74) is 20.2. The first-order chi connectivity index (χ1) is 31.8. The zero-order valence-electron chi connectivity index (χ0n) is 34.6. The van der Waals surface area contributed by atoms with Crippen LogP contribution in [0.3, 0.4) is 0 Å². The number of rotatable bonds is 4. The monoisotopic (exact) mass is 815 g/mol. The Labute approximate surface area is 370 Å². The minimum atomic E-state index is -0.451. The van der Waals surface area contributed by atoms with Gasteiger partial charge in [0.2, 0.25) is 0 Å². The van der Waals surface area contributed by atoms with Crippen molar-refractivity contribution in [2.75, 3.05) is 4.90 Å². The maximum Gasteiger partial charge on any atom is 0.161 e. The standard InChI is InChI=1S/C60H37N3O/c1-3-17-38(18-4-1)51-36-41(63-53-28-14-10-24-46(53)58-55(63)33-34-56-59(58)64-57-30-16-15-29-54(57)62(56)40-19-5-2-6-20-40)37-52(61-51)39-31-32-45-44-23-9-13-27-49(44)60(50(45)35-39)47-25-11-7-21-42(47)43-22-8-12-26-48(43)60/h1-37H. The van der Waals surface area contributed by atoms with Crippen LogP contribution in [0.1, 0.15) is 22.3 Å². The normalized spacial score (nSPS) is 13.5. The molecular formula is C60H37N3O. The third kappa shape index (κ3) is 4.74. The molecule has 0 saturated heterocycles. The largest absolute Gasteiger partial charge is 0.452 e. The highest BCUT2D eigenvalue weighted by Crippen LogP contribution is 2.63. The molecule has 0 fully saturated rings. The Morgan fingerprint density at radius 2 is 0.969 bits per heavy atom. The lowest BCUT2D eigenvalue weighted by atomic mass is 9.70. The second kappa shape index (κ2) is 13.3. The first kappa shape index (κ1) is 35.2. The van der Waals surface area contributed by atoms with Gasteiger partial charge in [-0.1, -0.05) is 164 Å². The fourth-order valence-electron chi connectivity index (χ4n) is 11.2. The molecule has 0 radical (unpaired) electrons. The van der Waals surface area contributed by atoms with E-state index in [4.69, 9.17) is 9.72 Å². The zero-order chi connectivity index (χ0) is 41.9. The van der Waals surface area contributed by atoms with Gasteiger partial charge < -0.3 is 14.2 Å². The molecule has 1 aliphatic heterocycles. The number of nitrogens with zero attached hydrogens (tertiary/aromatic N) is 3. The number of pyridine rings is 1. The first-order valence-corrected chi connectivity index (χ1v) is 22.0. The van der Waals surface area contributed by atoms with Crippen LogP contribution in [0.5, 0.6) is 11.5 Å². The molecule has 2 aromatic heterocycles. The predicted molar refractivity (Wildman–Crippen MR) is 261 cm³/mol. The molecule has 0 saturated carbocycles. The summed E-state index contributed by atoms with van der Waals surface area (Å²) in [6, 6.07) is 81.1. The van der Waals surface area contributed by atoms with Crippen molar-refractivity contribution in [3.63, 3.8) is 0 Å². The number of para-hydroxylation sites is 4. The summed E-state index contributed by atoms with van der Waals surface area (Å²) >= 11 is 0. The average molecular weight is 816 g/mol. The number of fused-ring (bicyclic) bond motifs is 16. The second-order valence-corrected chi connectivity index (χ2v) is 17.0. The Morgan fingerprint density at radius 3 is 1.69 bits per heavy atom. The summed E-state index contributed by atoms with van der Waals surface area (Å²) in [5, 5.41) is 2.19. The summed E-state index contributed by atoms with van der Waals surface area (Å²) in [6.45, 7) is 0. The lowest BCUT2D eigenvalue weighted by molar-refractivity contribution is 0.483. The van der Waals surface area contributed by atoms with Crippen molar-refractivity contribution in [1.29, 1.82) is 0 Å². The molecule has 3 aliphatic rings. The Bertz CT molecular complexity index is 3650. The third-order valence-corrected chi connectivity index (χ3v) is 13.8. The van der Waals surface area contributed by atoms with Crippen LogP contribution in [0.15, 0.2) is 224 Å². The van der Waals surface area contributed by atoms with Gasteiger partial charge in [-0.15, -0.1) is 0 Å². The number of hydrogen-bond donors (Lipinski definition) is 0. The van der Waals surface area contributed by atoms with E-state index < -0.39 is 5.41 Å². The van der Waals surface area contributed by atoms with Crippen LogP contribution >= 0.6 is 0 Å². The van der Waals surface area contributed by atoms with E-state index in [1.54, 1.807) is 0 Å². The molecule has 0 atom stereocenters. The van der Waals surface area contributed by atoms with Gasteiger partial charge in [-0.05, 0) is 105 Å². The molecule has 11 aromatic rings. The molecule has 4 nitrogen and oxygen atoms in total. The van der Waals surface area contributed by atoms with E-state index in [0.29, 0.717) is 0 Å². The van der Waals surface area contributed by atoms with E-state index in [1.165, 1.54) is 44.5 Å². The van der Waals surface area contributed by atoms with Crippen LogP contribution in [0.4, 0.5) is 17.1 Å². The molecule has 1 spiro atoms. The van der Waals surface area contributed by atoms with Gasteiger partial charge in [0.1, 0.15) is 0 Å². The fourth-order valence-corrected chi connectivity index (χ4v) is 11.2. The van der Waals surface area contributed by atoms with Crippen LogP contribution < -0.4 is 9.64 Å². The van der Waals surface area contributed by atoms with Gasteiger partial charge in [0, 0.05) is 22.2 Å². The molecular weight excluding hydrogens is 779 g/mol. The van der Waals surface area contributed by atoms with Crippen molar-refractivity contribution < 1.29 is 4.74 Å². The maximum absolute atomic E-state index is 6.98. The molecule has 3 heterocycles. The molecule has 298 valence electrons. The summed E-state index contributed by atoms with van der Waals surface area (Å²) < 4.78 is 9.38. The van der Waals surface area contributed by atoms with Gasteiger partial charge in [-0.2, -0.15) is 0 Å². The number of ether oxygens (including phenoxy) is 1. The highest BCUT2D eigenvalue weighted by molar-refractivity contribution is 6.15. The minimum Gasteiger partial charge on any atom is -0.452 e. The summed E-state index contributed by atoms with van der Waals surface area (Å²) in [6.07, 6.45) is 0. The lowest BCUT2D eigenvalue weighted by Crippen LogP contribution is -2.25. The topological polar surface area (TPSA) is 30.3 Å². The maximum atomic E-state index is 6.98. The average Bonchev–Trinajstić information content (AvgIpc) is 3.98. The van der Waals surface area contributed by atoms with Crippen molar-refractivity contribution in [3.05, 3.63) is 247 Å². The van der Waals surface area contributed by atoms with Crippen molar-refractivity contribution >= 4 is 38.9 Å². The van der Waals surface area contributed by atoms with Crippen molar-refractivity contribution in [2.24, 2.45) is 0 Å².